The highest BCUT2D eigenvalue weighted by Gasteiger charge is 2.32. The van der Waals surface area contributed by atoms with Crippen LogP contribution in [0.1, 0.15) is 80.2 Å². The van der Waals surface area contributed by atoms with Crippen molar-refractivity contribution in [2.24, 2.45) is 5.73 Å². The molecule has 0 bridgehead atoms. The average Bonchev–Trinajstić information content (AvgIpc) is 2.65. The second-order valence-electron chi connectivity index (χ2n) is 8.11. The molecule has 2 aromatic carbocycles. The maximum atomic E-state index is 12.2. The molecule has 0 heterocycles. The van der Waals surface area contributed by atoms with E-state index in [0.717, 1.165) is 24.8 Å². The van der Waals surface area contributed by atoms with Gasteiger partial charge in [-0.2, -0.15) is 0 Å². The van der Waals surface area contributed by atoms with Gasteiger partial charge in [-0.3, -0.25) is 4.79 Å². The zero-order valence-corrected chi connectivity index (χ0v) is 16.3. The molecular formula is C24H31NO. The number of nitrogens with two attached hydrogens (primary N) is 1. The number of rotatable bonds is 6. The quantitative estimate of drug-likeness (QED) is 0.759. The van der Waals surface area contributed by atoms with Gasteiger partial charge in [0.25, 0.3) is 0 Å². The predicted octanol–water partition coefficient (Wildman–Crippen LogP) is 5.26. The molecule has 1 unspecified atom stereocenters. The first-order chi connectivity index (χ1) is 12.5. The second-order valence-corrected chi connectivity index (χ2v) is 8.11. The Hall–Kier alpha value is -2.09. The minimum Gasteiger partial charge on any atom is -0.369 e. The first-order valence-electron chi connectivity index (χ1n) is 9.96. The number of unbranched alkanes of at least 4 members (excludes halogenated alkanes) is 1. The summed E-state index contributed by atoms with van der Waals surface area (Å²) in [7, 11) is 0. The van der Waals surface area contributed by atoms with E-state index in [-0.39, 0.29) is 5.91 Å². The molecule has 1 atom stereocenters. The molecule has 2 heteroatoms. The van der Waals surface area contributed by atoms with Gasteiger partial charge in [0.1, 0.15) is 0 Å². The topological polar surface area (TPSA) is 43.1 Å². The lowest BCUT2D eigenvalue weighted by Gasteiger charge is -2.31. The molecule has 26 heavy (non-hydrogen) atoms. The van der Waals surface area contributed by atoms with Crippen LogP contribution in [0, 0.1) is 0 Å². The highest BCUT2D eigenvalue weighted by Crippen LogP contribution is 2.41. The lowest BCUT2D eigenvalue weighted by Crippen LogP contribution is -2.36. The number of aryl methyl sites for hydroxylation is 1. The van der Waals surface area contributed by atoms with Crippen LogP contribution < -0.4 is 5.73 Å². The van der Waals surface area contributed by atoms with Gasteiger partial charge in [-0.05, 0) is 73.8 Å². The van der Waals surface area contributed by atoms with Crippen molar-refractivity contribution in [2.45, 2.75) is 70.6 Å². The van der Waals surface area contributed by atoms with Gasteiger partial charge in [0.15, 0.2) is 0 Å². The van der Waals surface area contributed by atoms with Crippen molar-refractivity contribution in [1.82, 2.24) is 0 Å². The Morgan fingerprint density at radius 1 is 1.12 bits per heavy atom. The molecule has 0 fully saturated rings. The Kier molecular flexibility index (Phi) is 5.50. The van der Waals surface area contributed by atoms with Crippen LogP contribution in [0.15, 0.2) is 42.5 Å². The van der Waals surface area contributed by atoms with E-state index in [9.17, 15) is 4.79 Å². The van der Waals surface area contributed by atoms with Crippen molar-refractivity contribution < 1.29 is 4.79 Å². The first kappa shape index (κ1) is 18.7. The number of hydrogen-bond donors (Lipinski definition) is 1. The number of fused-ring (bicyclic) bond motifs is 1. The Bertz CT molecular complexity index is 791. The summed E-state index contributed by atoms with van der Waals surface area (Å²) < 4.78 is 0. The molecule has 0 saturated heterocycles. The molecule has 0 saturated carbocycles. The van der Waals surface area contributed by atoms with Gasteiger partial charge in [-0.25, -0.2) is 0 Å². The standard InChI is InChI=1S/C24H31NO/c1-4-5-12-21-20(15-9-16-22(21)24(2,3)23(25)26)19-14-8-11-17-10-6-7-13-18(17)19/h6-7,9-10,13,15-16,19H,4-5,8,11-12,14H2,1-3H3,(H2,25,26). The third-order valence-electron chi connectivity index (χ3n) is 6.03. The molecule has 3 rings (SSSR count). The van der Waals surface area contributed by atoms with Crippen molar-refractivity contribution in [3.63, 3.8) is 0 Å². The van der Waals surface area contributed by atoms with E-state index in [1.165, 1.54) is 41.5 Å². The van der Waals surface area contributed by atoms with Gasteiger partial charge in [-0.15, -0.1) is 0 Å². The Labute approximate surface area is 157 Å². The summed E-state index contributed by atoms with van der Waals surface area (Å²) in [6, 6.07) is 15.3. The van der Waals surface area contributed by atoms with Crippen LogP contribution in [0.4, 0.5) is 0 Å². The second kappa shape index (κ2) is 7.65. The van der Waals surface area contributed by atoms with E-state index < -0.39 is 5.41 Å². The Morgan fingerprint density at radius 3 is 2.58 bits per heavy atom. The maximum Gasteiger partial charge on any atom is 0.227 e. The molecule has 1 aliphatic rings. The monoisotopic (exact) mass is 349 g/mol. The number of amides is 1. The van der Waals surface area contributed by atoms with Crippen molar-refractivity contribution in [3.8, 4) is 0 Å². The first-order valence-corrected chi connectivity index (χ1v) is 9.96. The van der Waals surface area contributed by atoms with Crippen LogP contribution in [-0.2, 0) is 23.1 Å². The number of carbonyl (C=O) groups is 1. The van der Waals surface area contributed by atoms with Gasteiger partial charge >= 0.3 is 0 Å². The van der Waals surface area contributed by atoms with E-state index in [2.05, 4.69) is 49.4 Å². The normalized spacial score (nSPS) is 17.0. The molecule has 0 radical (unpaired) electrons. The van der Waals surface area contributed by atoms with E-state index in [0.29, 0.717) is 5.92 Å². The van der Waals surface area contributed by atoms with Crippen LogP contribution in [0.3, 0.4) is 0 Å². The molecule has 0 spiro atoms. The molecule has 0 aromatic heterocycles. The molecule has 2 aromatic rings. The van der Waals surface area contributed by atoms with Gasteiger partial charge < -0.3 is 5.73 Å². The van der Waals surface area contributed by atoms with Crippen molar-refractivity contribution in [3.05, 3.63) is 70.3 Å². The van der Waals surface area contributed by atoms with Crippen LogP contribution in [0.5, 0.6) is 0 Å². The summed E-state index contributed by atoms with van der Waals surface area (Å²) >= 11 is 0. The smallest absolute Gasteiger partial charge is 0.227 e. The fourth-order valence-electron chi connectivity index (χ4n) is 4.36. The summed E-state index contributed by atoms with van der Waals surface area (Å²) in [6.07, 6.45) is 6.86. The maximum absolute atomic E-state index is 12.2. The van der Waals surface area contributed by atoms with Crippen LogP contribution in [0.2, 0.25) is 0 Å². The number of hydrogen-bond acceptors (Lipinski definition) is 1. The molecular weight excluding hydrogens is 318 g/mol. The predicted molar refractivity (Wildman–Crippen MR) is 108 cm³/mol. The summed E-state index contributed by atoms with van der Waals surface area (Å²) in [5, 5.41) is 0. The molecule has 2 N–H and O–H groups in total. The molecule has 0 aliphatic heterocycles. The van der Waals surface area contributed by atoms with Crippen molar-refractivity contribution in [1.29, 1.82) is 0 Å². The van der Waals surface area contributed by atoms with Gasteiger partial charge in [0.2, 0.25) is 5.91 Å². The summed E-state index contributed by atoms with van der Waals surface area (Å²) in [6.45, 7) is 6.13. The number of primary amides is 1. The molecule has 1 aliphatic carbocycles. The molecule has 138 valence electrons. The minimum absolute atomic E-state index is 0.253. The Morgan fingerprint density at radius 2 is 1.85 bits per heavy atom. The van der Waals surface area contributed by atoms with Gasteiger partial charge in [-0.1, -0.05) is 55.8 Å². The number of carbonyl (C=O) groups excluding carboxylic acids is 1. The van der Waals surface area contributed by atoms with Crippen LogP contribution in [0.25, 0.3) is 0 Å². The number of benzene rings is 2. The highest BCUT2D eigenvalue weighted by atomic mass is 16.1. The van der Waals surface area contributed by atoms with E-state index in [1.54, 1.807) is 0 Å². The van der Waals surface area contributed by atoms with Gasteiger partial charge in [0, 0.05) is 5.92 Å². The third kappa shape index (κ3) is 3.42. The molecule has 1 amide bonds. The largest absolute Gasteiger partial charge is 0.369 e. The summed E-state index contributed by atoms with van der Waals surface area (Å²) in [5.41, 5.74) is 11.9. The van der Waals surface area contributed by atoms with Gasteiger partial charge in [0.05, 0.1) is 5.41 Å². The SMILES string of the molecule is CCCCc1c(C2CCCc3ccccc32)cccc1C(C)(C)C(N)=O. The van der Waals surface area contributed by atoms with Crippen molar-refractivity contribution >= 4 is 5.91 Å². The summed E-state index contributed by atoms with van der Waals surface area (Å²) in [5.74, 6) is 0.173. The van der Waals surface area contributed by atoms with Crippen LogP contribution in [-0.4, -0.2) is 5.91 Å². The zero-order valence-electron chi connectivity index (χ0n) is 16.3. The van der Waals surface area contributed by atoms with E-state index in [1.807, 2.05) is 13.8 Å². The lowest BCUT2D eigenvalue weighted by molar-refractivity contribution is -0.122. The fraction of sp³-hybridized carbons (Fsp3) is 0.458. The fourth-order valence-corrected chi connectivity index (χ4v) is 4.36. The van der Waals surface area contributed by atoms with E-state index in [4.69, 9.17) is 5.73 Å². The highest BCUT2D eigenvalue weighted by molar-refractivity contribution is 5.86. The van der Waals surface area contributed by atoms with E-state index >= 15 is 0 Å². The molecule has 2 nitrogen and oxygen atoms in total. The van der Waals surface area contributed by atoms with Crippen molar-refractivity contribution in [2.75, 3.05) is 0 Å². The Balaban J connectivity index is 2.15. The van der Waals surface area contributed by atoms with Crippen LogP contribution >= 0.6 is 0 Å². The summed E-state index contributed by atoms with van der Waals surface area (Å²) in [4.78, 5) is 12.2. The zero-order chi connectivity index (χ0) is 18.7. The minimum atomic E-state index is -0.646. The third-order valence-corrected chi connectivity index (χ3v) is 6.03. The lowest BCUT2D eigenvalue weighted by atomic mass is 9.72. The average molecular weight is 350 g/mol.